The number of hydrogen-bond acceptors (Lipinski definition) is 4. The summed E-state index contributed by atoms with van der Waals surface area (Å²) in [6.45, 7) is 2.51. The fourth-order valence-electron chi connectivity index (χ4n) is 3.07. The Morgan fingerprint density at radius 2 is 1.88 bits per heavy atom. The molecule has 0 aliphatic carbocycles. The summed E-state index contributed by atoms with van der Waals surface area (Å²) in [6.07, 6.45) is -5.38. The van der Waals surface area contributed by atoms with Crippen molar-refractivity contribution < 1.29 is 36.2 Å². The highest BCUT2D eigenvalue weighted by Gasteiger charge is 2.58. The maximum absolute atomic E-state index is 13.4. The number of carbonyl (C=O) groups is 1. The Bertz CT molecular complexity index is 791. The van der Waals surface area contributed by atoms with Gasteiger partial charge in [0.1, 0.15) is 11.8 Å². The van der Waals surface area contributed by atoms with E-state index in [4.69, 9.17) is 9.84 Å². The molecule has 1 saturated heterocycles. The lowest BCUT2D eigenvalue weighted by molar-refractivity contribution is -0.183. The average Bonchev–Trinajstić information content (AvgIpc) is 2.95. The number of sulfonamides is 1. The highest BCUT2D eigenvalue weighted by molar-refractivity contribution is 7.89. The van der Waals surface area contributed by atoms with E-state index in [1.165, 1.54) is 26.2 Å². The van der Waals surface area contributed by atoms with Gasteiger partial charge in [-0.3, -0.25) is 4.79 Å². The summed E-state index contributed by atoms with van der Waals surface area (Å²) < 4.78 is 71.1. The van der Waals surface area contributed by atoms with Gasteiger partial charge in [0, 0.05) is 6.54 Å². The summed E-state index contributed by atoms with van der Waals surface area (Å²) >= 11 is 0. The van der Waals surface area contributed by atoms with E-state index in [1.54, 1.807) is 6.92 Å². The molecule has 0 bridgehead atoms. The first-order valence-corrected chi connectivity index (χ1v) is 8.82. The predicted molar refractivity (Wildman–Crippen MR) is 81.9 cm³/mol. The molecule has 1 aromatic rings. The number of aryl methyl sites for hydroxylation is 2. The van der Waals surface area contributed by atoms with Crippen LogP contribution in [0.4, 0.5) is 13.2 Å². The van der Waals surface area contributed by atoms with Crippen LogP contribution in [-0.4, -0.2) is 49.7 Å². The molecule has 0 radical (unpaired) electrons. The summed E-state index contributed by atoms with van der Waals surface area (Å²) in [5.74, 6) is -3.08. The fraction of sp³-hybridized carbons (Fsp3) is 0.533. The van der Waals surface area contributed by atoms with Crippen LogP contribution in [0.25, 0.3) is 0 Å². The maximum atomic E-state index is 13.4. The zero-order valence-corrected chi connectivity index (χ0v) is 14.6. The lowest BCUT2D eigenvalue weighted by atomic mass is 10.0. The van der Waals surface area contributed by atoms with Gasteiger partial charge in [-0.15, -0.1) is 0 Å². The smallest absolute Gasteiger partial charge is 0.405 e. The largest absolute Gasteiger partial charge is 0.496 e. The molecule has 1 N–H and O–H groups in total. The molecular formula is C15H18F3NO5S. The van der Waals surface area contributed by atoms with Crippen molar-refractivity contribution in [3.63, 3.8) is 0 Å². The van der Waals surface area contributed by atoms with Gasteiger partial charge in [-0.1, -0.05) is 0 Å². The first kappa shape index (κ1) is 19.5. The van der Waals surface area contributed by atoms with Crippen molar-refractivity contribution in [2.75, 3.05) is 13.7 Å². The normalized spacial score (nSPS) is 22.2. The summed E-state index contributed by atoms with van der Waals surface area (Å²) in [5.41, 5.74) is 0.673. The minimum Gasteiger partial charge on any atom is -0.496 e. The van der Waals surface area contributed by atoms with E-state index in [0.29, 0.717) is 11.3 Å². The number of rotatable bonds is 4. The minimum atomic E-state index is -4.98. The molecule has 2 atom stereocenters. The van der Waals surface area contributed by atoms with E-state index in [2.05, 4.69) is 0 Å². The van der Waals surface area contributed by atoms with E-state index < -0.39 is 47.1 Å². The third-order valence-corrected chi connectivity index (χ3v) is 6.31. The van der Waals surface area contributed by atoms with Gasteiger partial charge in [0.15, 0.2) is 0 Å². The molecular weight excluding hydrogens is 363 g/mol. The quantitative estimate of drug-likeness (QED) is 0.866. The number of ether oxygens (including phenoxy) is 1. The Morgan fingerprint density at radius 1 is 1.28 bits per heavy atom. The van der Waals surface area contributed by atoms with E-state index in [1.807, 2.05) is 0 Å². The molecule has 1 aromatic carbocycles. The minimum absolute atomic E-state index is 0.224. The summed E-state index contributed by atoms with van der Waals surface area (Å²) in [5, 5.41) is 9.03. The fourth-order valence-corrected chi connectivity index (χ4v) is 5.03. The topological polar surface area (TPSA) is 83.9 Å². The second-order valence-electron chi connectivity index (χ2n) is 5.92. The molecule has 140 valence electrons. The predicted octanol–water partition coefficient (Wildman–Crippen LogP) is 2.34. The van der Waals surface area contributed by atoms with Crippen LogP contribution in [0.2, 0.25) is 0 Å². The number of benzene rings is 1. The van der Waals surface area contributed by atoms with Crippen LogP contribution >= 0.6 is 0 Å². The Hall–Kier alpha value is -1.81. The second-order valence-corrected chi connectivity index (χ2v) is 7.78. The Kier molecular flexibility index (Phi) is 5.06. The van der Waals surface area contributed by atoms with E-state index in [9.17, 15) is 26.4 Å². The van der Waals surface area contributed by atoms with Crippen molar-refractivity contribution >= 4 is 16.0 Å². The van der Waals surface area contributed by atoms with E-state index >= 15 is 0 Å². The van der Waals surface area contributed by atoms with Crippen LogP contribution in [0, 0.1) is 19.8 Å². The molecule has 0 saturated carbocycles. The molecule has 6 nitrogen and oxygen atoms in total. The number of hydrogen-bond donors (Lipinski definition) is 1. The number of halogens is 3. The van der Waals surface area contributed by atoms with Crippen molar-refractivity contribution in [3.05, 3.63) is 23.3 Å². The second kappa shape index (κ2) is 6.49. The highest BCUT2D eigenvalue weighted by Crippen LogP contribution is 2.41. The standard InChI is InChI=1S/C15H18F3NO5S/c1-8-7-12(9(2)6-11(8)24-3)25(22,23)19-5-4-10(14(20)21)13(19)15(16,17)18/h6-7,10,13H,4-5H2,1-3H3,(H,20,21). The molecule has 2 unspecified atom stereocenters. The molecule has 0 aromatic heterocycles. The third-order valence-electron chi connectivity index (χ3n) is 4.28. The number of aliphatic carboxylic acids is 1. The summed E-state index contributed by atoms with van der Waals surface area (Å²) in [6, 6.07) is 0.0810. The van der Waals surface area contributed by atoms with Gasteiger partial charge in [0.25, 0.3) is 0 Å². The van der Waals surface area contributed by atoms with Crippen LogP contribution in [0.1, 0.15) is 17.5 Å². The number of alkyl halides is 3. The first-order valence-electron chi connectivity index (χ1n) is 7.38. The van der Waals surface area contributed by atoms with Crippen molar-refractivity contribution in [2.45, 2.75) is 37.4 Å². The number of nitrogens with zero attached hydrogens (tertiary/aromatic N) is 1. The summed E-state index contributed by atoms with van der Waals surface area (Å²) in [7, 11) is -3.12. The molecule has 0 spiro atoms. The van der Waals surface area contributed by atoms with Gasteiger partial charge in [0.2, 0.25) is 10.0 Å². The molecule has 1 aliphatic rings. The Balaban J connectivity index is 2.56. The molecule has 10 heteroatoms. The van der Waals surface area contributed by atoms with Gasteiger partial charge in [-0.25, -0.2) is 8.42 Å². The highest BCUT2D eigenvalue weighted by atomic mass is 32.2. The molecule has 1 heterocycles. The van der Waals surface area contributed by atoms with Crippen LogP contribution in [0.5, 0.6) is 5.75 Å². The first-order chi connectivity index (χ1) is 11.4. The van der Waals surface area contributed by atoms with Crippen LogP contribution < -0.4 is 4.74 Å². The van der Waals surface area contributed by atoms with Crippen LogP contribution in [0.3, 0.4) is 0 Å². The van der Waals surface area contributed by atoms with Crippen LogP contribution in [-0.2, 0) is 14.8 Å². The van der Waals surface area contributed by atoms with E-state index in [0.717, 1.165) is 0 Å². The summed E-state index contributed by atoms with van der Waals surface area (Å²) in [4.78, 5) is 10.8. The Labute approximate surface area is 143 Å². The SMILES string of the molecule is COc1cc(C)c(S(=O)(=O)N2CCC(C(=O)O)C2C(F)(F)F)cc1C. The average molecular weight is 381 g/mol. The molecule has 25 heavy (non-hydrogen) atoms. The Morgan fingerprint density at radius 3 is 2.36 bits per heavy atom. The molecule has 1 fully saturated rings. The van der Waals surface area contributed by atoms with Crippen molar-refractivity contribution in [1.29, 1.82) is 0 Å². The number of carboxylic acids is 1. The van der Waals surface area contributed by atoms with Gasteiger partial charge in [-0.2, -0.15) is 17.5 Å². The van der Waals surface area contributed by atoms with Gasteiger partial charge >= 0.3 is 12.1 Å². The van der Waals surface area contributed by atoms with E-state index in [-0.39, 0.29) is 14.8 Å². The van der Waals surface area contributed by atoms with Crippen molar-refractivity contribution in [1.82, 2.24) is 4.31 Å². The number of methoxy groups -OCH3 is 1. The third kappa shape index (κ3) is 3.45. The molecule has 2 rings (SSSR count). The molecule has 0 amide bonds. The zero-order valence-electron chi connectivity index (χ0n) is 13.8. The van der Waals surface area contributed by atoms with Crippen LogP contribution in [0.15, 0.2) is 17.0 Å². The van der Waals surface area contributed by atoms with Gasteiger partial charge in [-0.05, 0) is 43.5 Å². The van der Waals surface area contributed by atoms with Crippen molar-refractivity contribution in [3.8, 4) is 5.75 Å². The maximum Gasteiger partial charge on any atom is 0.405 e. The number of carboxylic acid groups (broad SMARTS) is 1. The lowest BCUT2D eigenvalue weighted by Gasteiger charge is -2.28. The monoisotopic (exact) mass is 381 g/mol. The molecule has 1 aliphatic heterocycles. The van der Waals surface area contributed by atoms with Gasteiger partial charge in [0.05, 0.1) is 17.9 Å². The zero-order chi connectivity index (χ0) is 19.2. The van der Waals surface area contributed by atoms with Crippen molar-refractivity contribution in [2.24, 2.45) is 5.92 Å². The van der Waals surface area contributed by atoms with Gasteiger partial charge < -0.3 is 9.84 Å². The lowest BCUT2D eigenvalue weighted by Crippen LogP contribution is -2.49.